The van der Waals surface area contributed by atoms with Gasteiger partial charge < -0.3 is 8.98 Å². The van der Waals surface area contributed by atoms with Gasteiger partial charge in [-0.2, -0.15) is 5.26 Å². The third kappa shape index (κ3) is 5.56. The van der Waals surface area contributed by atoms with Crippen LogP contribution in [0.15, 0.2) is 138 Å². The minimum Gasteiger partial charge on any atom is -0.455 e. The van der Waals surface area contributed by atoms with Gasteiger partial charge in [0.25, 0.3) is 0 Å². The van der Waals surface area contributed by atoms with Crippen LogP contribution in [0.1, 0.15) is 57.1 Å². The van der Waals surface area contributed by atoms with E-state index >= 15 is 0 Å². The molecule has 6 nitrogen and oxygen atoms in total. The molecule has 0 aliphatic heterocycles. The molecule has 2 bridgehead atoms. The van der Waals surface area contributed by atoms with Gasteiger partial charge in [0.2, 0.25) is 0 Å². The molecule has 0 N–H and O–H groups in total. The van der Waals surface area contributed by atoms with Crippen LogP contribution in [0.25, 0.3) is 83.6 Å². The fraction of sp³-hybridized carbons (Fsp3) is 0.216. The molecule has 6 aromatic carbocycles. The molecule has 2 fully saturated rings. The Morgan fingerprint density at radius 1 is 0.614 bits per heavy atom. The van der Waals surface area contributed by atoms with Crippen LogP contribution in [0.3, 0.4) is 0 Å². The first-order valence-electron chi connectivity index (χ1n) is 20.2. The second-order valence-electron chi connectivity index (χ2n) is 16.8. The zero-order valence-electron chi connectivity index (χ0n) is 32.1. The summed E-state index contributed by atoms with van der Waals surface area (Å²) in [5.41, 5.74) is 9.82. The van der Waals surface area contributed by atoms with E-state index in [1.165, 1.54) is 37.7 Å². The van der Waals surface area contributed by atoms with Crippen molar-refractivity contribution in [1.82, 2.24) is 19.5 Å². The highest BCUT2D eigenvalue weighted by atomic mass is 16.3. The second-order valence-corrected chi connectivity index (χ2v) is 16.8. The fourth-order valence-corrected chi connectivity index (χ4v) is 10.8. The molecular weight excluding hydrogens is 699 g/mol. The van der Waals surface area contributed by atoms with Crippen molar-refractivity contribution in [3.8, 4) is 45.9 Å². The van der Waals surface area contributed by atoms with Gasteiger partial charge in [0.1, 0.15) is 11.2 Å². The molecule has 9 aromatic rings. The van der Waals surface area contributed by atoms with Crippen molar-refractivity contribution in [1.29, 1.82) is 5.26 Å². The number of nitrogens with zero attached hydrogens (tertiary/aromatic N) is 5. The van der Waals surface area contributed by atoms with E-state index in [1.807, 2.05) is 48.5 Å². The van der Waals surface area contributed by atoms with Crippen LogP contribution >= 0.6 is 0 Å². The molecule has 11 rings (SSSR count). The molecule has 0 saturated heterocycles. The summed E-state index contributed by atoms with van der Waals surface area (Å²) >= 11 is 0. The lowest BCUT2D eigenvalue weighted by molar-refractivity contribution is 0.0780. The third-order valence-corrected chi connectivity index (χ3v) is 12.9. The van der Waals surface area contributed by atoms with Gasteiger partial charge in [-0.15, -0.1) is 0 Å². The van der Waals surface area contributed by atoms with E-state index in [2.05, 4.69) is 109 Å². The van der Waals surface area contributed by atoms with Gasteiger partial charge in [0.15, 0.2) is 17.5 Å². The minimum absolute atomic E-state index is 0.251. The topological polar surface area (TPSA) is 80.5 Å². The number of nitriles is 1. The van der Waals surface area contributed by atoms with Crippen LogP contribution in [0, 0.1) is 29.1 Å². The predicted octanol–water partition coefficient (Wildman–Crippen LogP) is 12.8. The maximum atomic E-state index is 9.64. The number of hydrogen-bond donors (Lipinski definition) is 0. The maximum Gasteiger partial charge on any atom is 0.167 e. The molecule has 0 radical (unpaired) electrons. The van der Waals surface area contributed by atoms with Crippen molar-refractivity contribution in [3.05, 3.63) is 145 Å². The lowest BCUT2D eigenvalue weighted by Gasteiger charge is -2.50. The van der Waals surface area contributed by atoms with Crippen LogP contribution in [-0.2, 0) is 5.41 Å². The molecule has 276 valence electrons. The number of fused-ring (bicyclic) bond motifs is 8. The van der Waals surface area contributed by atoms with Crippen molar-refractivity contribution in [2.24, 2.45) is 17.8 Å². The Bertz CT molecular complexity index is 3040. The summed E-state index contributed by atoms with van der Waals surface area (Å²) in [6, 6.07) is 48.5. The molecule has 2 aliphatic rings. The normalized spacial score (nSPS) is 20.7. The van der Waals surface area contributed by atoms with E-state index in [4.69, 9.17) is 19.4 Å². The van der Waals surface area contributed by atoms with Gasteiger partial charge in [-0.05, 0) is 121 Å². The fourth-order valence-electron chi connectivity index (χ4n) is 10.8. The van der Waals surface area contributed by atoms with Gasteiger partial charge in [-0.3, -0.25) is 0 Å². The Morgan fingerprint density at radius 2 is 1.25 bits per heavy atom. The first kappa shape index (κ1) is 33.7. The van der Waals surface area contributed by atoms with Crippen molar-refractivity contribution < 1.29 is 4.42 Å². The molecule has 57 heavy (non-hydrogen) atoms. The van der Waals surface area contributed by atoms with Crippen LogP contribution < -0.4 is 0 Å². The zero-order chi connectivity index (χ0) is 38.3. The summed E-state index contributed by atoms with van der Waals surface area (Å²) in [5.74, 6) is 4.14. The number of para-hydroxylation sites is 3. The van der Waals surface area contributed by atoms with Crippen molar-refractivity contribution in [2.75, 3.05) is 0 Å². The highest BCUT2D eigenvalue weighted by Gasteiger charge is 2.45. The average Bonchev–Trinajstić information content (AvgIpc) is 3.79. The van der Waals surface area contributed by atoms with Gasteiger partial charge in [0, 0.05) is 38.4 Å². The molecule has 2 saturated carbocycles. The first-order valence-corrected chi connectivity index (χ1v) is 20.2. The summed E-state index contributed by atoms with van der Waals surface area (Å²) in [6.07, 6.45) is 6.55. The molecule has 0 spiro atoms. The molecule has 2 aliphatic carbocycles. The van der Waals surface area contributed by atoms with E-state index in [9.17, 15) is 5.26 Å². The van der Waals surface area contributed by atoms with E-state index < -0.39 is 0 Å². The smallest absolute Gasteiger partial charge is 0.167 e. The number of rotatable bonds is 5. The minimum atomic E-state index is 0.251. The first-order chi connectivity index (χ1) is 27.9. The molecule has 3 heterocycles. The summed E-state index contributed by atoms with van der Waals surface area (Å²) in [5, 5.41) is 13.9. The average molecular weight is 740 g/mol. The Morgan fingerprint density at radius 3 is 1.98 bits per heavy atom. The highest BCUT2D eigenvalue weighted by molar-refractivity contribution is 6.10. The summed E-state index contributed by atoms with van der Waals surface area (Å²) in [6.45, 7) is 4.89. The number of hydrogen-bond acceptors (Lipinski definition) is 5. The van der Waals surface area contributed by atoms with Crippen molar-refractivity contribution >= 4 is 43.7 Å². The van der Waals surface area contributed by atoms with Gasteiger partial charge in [-0.25, -0.2) is 15.0 Å². The molecule has 3 aromatic heterocycles. The monoisotopic (exact) mass is 739 g/mol. The Balaban J connectivity index is 1.04. The van der Waals surface area contributed by atoms with Crippen molar-refractivity contribution in [3.63, 3.8) is 0 Å². The van der Waals surface area contributed by atoms with E-state index in [1.54, 1.807) is 0 Å². The third-order valence-electron chi connectivity index (χ3n) is 12.9. The summed E-state index contributed by atoms with van der Waals surface area (Å²) in [7, 11) is 0. The second kappa shape index (κ2) is 13.0. The Kier molecular flexibility index (Phi) is 7.69. The van der Waals surface area contributed by atoms with Crippen LogP contribution in [-0.4, -0.2) is 19.5 Å². The Labute approximate surface area is 331 Å². The van der Waals surface area contributed by atoms with Crippen LogP contribution in [0.4, 0.5) is 0 Å². The van der Waals surface area contributed by atoms with E-state index in [-0.39, 0.29) is 5.41 Å². The van der Waals surface area contributed by atoms with Crippen molar-refractivity contribution in [2.45, 2.75) is 51.4 Å². The molecular formula is C51H41N5O. The quantitative estimate of drug-likeness (QED) is 0.176. The van der Waals surface area contributed by atoms with Crippen LogP contribution in [0.5, 0.6) is 0 Å². The molecule has 4 atom stereocenters. The Hall–Kier alpha value is -6.58. The van der Waals surface area contributed by atoms with Crippen LogP contribution in [0.2, 0.25) is 0 Å². The zero-order valence-corrected chi connectivity index (χ0v) is 32.1. The standard InChI is InChI=1S/C51H41N5O/c1-31-24-34-25-32(2)28-51(27-31,29-34)37-19-15-35(16-20-37)48-53-49(55-50(54-48)42-11-7-10-41-40-9-4-6-13-46(40)57-47(41)42)36-17-21-38(22-18-36)56-44-12-5-3-8-39(44)43-26-33(30-52)14-23-45(43)56/h3-23,26,31-32,34H,24-25,27-29H2,1-2H3/t31-,32+,34?,51?. The predicted molar refractivity (Wildman–Crippen MR) is 229 cm³/mol. The van der Waals surface area contributed by atoms with Gasteiger partial charge in [-0.1, -0.05) is 86.6 Å². The summed E-state index contributed by atoms with van der Waals surface area (Å²) < 4.78 is 8.74. The van der Waals surface area contributed by atoms with Gasteiger partial charge >= 0.3 is 0 Å². The number of benzene rings is 6. The lowest BCUT2D eigenvalue weighted by Crippen LogP contribution is -2.42. The molecule has 6 heteroatoms. The van der Waals surface area contributed by atoms with Gasteiger partial charge in [0.05, 0.1) is 28.2 Å². The highest BCUT2D eigenvalue weighted by Crippen LogP contribution is 2.54. The van der Waals surface area contributed by atoms with E-state index in [0.717, 1.165) is 83.9 Å². The number of furan rings is 1. The van der Waals surface area contributed by atoms with E-state index in [0.29, 0.717) is 23.0 Å². The maximum absolute atomic E-state index is 9.64. The lowest BCUT2D eigenvalue weighted by atomic mass is 9.54. The SMILES string of the molecule is C[C@@H]1CC2C[C@H](C)CC(c3ccc(-c4nc(-c5ccc(-n6c7ccccc7c7cc(C#N)ccc76)cc5)nc(-c5cccc6c5oc5ccccc56)n4)cc3)(C2)C1. The summed E-state index contributed by atoms with van der Waals surface area (Å²) in [4.78, 5) is 15.5. The molecule has 0 amide bonds. The molecule has 2 unspecified atom stereocenters. The number of aromatic nitrogens is 4. The largest absolute Gasteiger partial charge is 0.455 e.